The van der Waals surface area contributed by atoms with Crippen LogP contribution < -0.4 is 4.90 Å². The summed E-state index contributed by atoms with van der Waals surface area (Å²) in [5, 5.41) is 12.9. The van der Waals surface area contributed by atoms with Gasteiger partial charge in [0.15, 0.2) is 11.5 Å². The van der Waals surface area contributed by atoms with E-state index in [2.05, 4.69) is 45.0 Å². The standard InChI is InChI=1S/C20H20N8/c1-12-13(2)20(26-28-11-24-25-19(12)28)27-5-4-18-16(10-27)6-15(7-23-18)17-8-21-14(3)22-9-17/h6-9,11H,4-5,10H2,1-3H3. The van der Waals surface area contributed by atoms with Crippen molar-refractivity contribution in [3.63, 3.8) is 0 Å². The van der Waals surface area contributed by atoms with Gasteiger partial charge in [0.25, 0.3) is 0 Å². The van der Waals surface area contributed by atoms with Crippen LogP contribution in [0.1, 0.15) is 28.2 Å². The highest BCUT2D eigenvalue weighted by atomic mass is 15.4. The second-order valence-corrected chi connectivity index (χ2v) is 7.19. The van der Waals surface area contributed by atoms with Crippen LogP contribution in [0.2, 0.25) is 0 Å². The molecule has 5 heterocycles. The van der Waals surface area contributed by atoms with Gasteiger partial charge < -0.3 is 4.90 Å². The zero-order valence-electron chi connectivity index (χ0n) is 16.1. The second-order valence-electron chi connectivity index (χ2n) is 7.19. The van der Waals surface area contributed by atoms with E-state index in [4.69, 9.17) is 10.1 Å². The number of anilines is 1. The lowest BCUT2D eigenvalue weighted by atomic mass is 10.0. The molecule has 8 nitrogen and oxygen atoms in total. The third-order valence-electron chi connectivity index (χ3n) is 5.42. The van der Waals surface area contributed by atoms with E-state index < -0.39 is 0 Å². The summed E-state index contributed by atoms with van der Waals surface area (Å²) >= 11 is 0. The molecule has 0 unspecified atom stereocenters. The van der Waals surface area contributed by atoms with Gasteiger partial charge in [-0.05, 0) is 32.4 Å². The minimum absolute atomic E-state index is 0.766. The average Bonchev–Trinajstić information content (AvgIpc) is 3.19. The van der Waals surface area contributed by atoms with Gasteiger partial charge in [0, 0.05) is 66.0 Å². The molecular formula is C20H20N8. The summed E-state index contributed by atoms with van der Waals surface area (Å²) in [6.45, 7) is 7.70. The van der Waals surface area contributed by atoms with E-state index in [0.717, 1.165) is 64.7 Å². The van der Waals surface area contributed by atoms with Gasteiger partial charge in [-0.1, -0.05) is 0 Å². The highest BCUT2D eigenvalue weighted by molar-refractivity contribution is 5.63. The fourth-order valence-corrected chi connectivity index (χ4v) is 3.67. The molecule has 0 bridgehead atoms. The SMILES string of the molecule is Cc1ncc(-c2cnc3c(c2)CN(c2nn4cnnc4c(C)c2C)CC3)cn1. The summed E-state index contributed by atoms with van der Waals surface area (Å²) in [6, 6.07) is 2.20. The summed E-state index contributed by atoms with van der Waals surface area (Å²) in [6.07, 6.45) is 8.16. The van der Waals surface area contributed by atoms with E-state index in [1.54, 1.807) is 10.8 Å². The van der Waals surface area contributed by atoms with Crippen LogP contribution in [0.3, 0.4) is 0 Å². The van der Waals surface area contributed by atoms with Crippen LogP contribution in [0.25, 0.3) is 16.8 Å². The molecule has 0 spiro atoms. The maximum absolute atomic E-state index is 4.76. The van der Waals surface area contributed by atoms with E-state index >= 15 is 0 Å². The number of nitrogens with zero attached hydrogens (tertiary/aromatic N) is 8. The van der Waals surface area contributed by atoms with Gasteiger partial charge in [0.2, 0.25) is 0 Å². The van der Waals surface area contributed by atoms with Crippen molar-refractivity contribution in [1.29, 1.82) is 0 Å². The molecule has 8 heteroatoms. The van der Waals surface area contributed by atoms with Crippen molar-refractivity contribution in [3.05, 3.63) is 59.2 Å². The number of pyridine rings is 1. The quantitative estimate of drug-likeness (QED) is 0.534. The van der Waals surface area contributed by atoms with E-state index in [1.165, 1.54) is 5.56 Å². The zero-order chi connectivity index (χ0) is 19.3. The third-order valence-corrected chi connectivity index (χ3v) is 5.42. The number of hydrogen-bond donors (Lipinski definition) is 0. The van der Waals surface area contributed by atoms with Crippen LogP contribution in [0.4, 0.5) is 5.82 Å². The maximum Gasteiger partial charge on any atom is 0.180 e. The van der Waals surface area contributed by atoms with Gasteiger partial charge in [0.05, 0.1) is 0 Å². The molecule has 0 radical (unpaired) electrons. The predicted molar refractivity (Wildman–Crippen MR) is 105 cm³/mol. The smallest absolute Gasteiger partial charge is 0.180 e. The largest absolute Gasteiger partial charge is 0.350 e. The molecule has 1 aliphatic heterocycles. The molecular weight excluding hydrogens is 352 g/mol. The molecule has 0 aliphatic carbocycles. The van der Waals surface area contributed by atoms with Gasteiger partial charge >= 0.3 is 0 Å². The van der Waals surface area contributed by atoms with E-state index in [-0.39, 0.29) is 0 Å². The number of aromatic nitrogens is 7. The van der Waals surface area contributed by atoms with E-state index in [9.17, 15) is 0 Å². The fraction of sp³-hybridized carbons (Fsp3) is 0.300. The minimum atomic E-state index is 0.766. The van der Waals surface area contributed by atoms with Crippen LogP contribution in [0.15, 0.2) is 31.0 Å². The Labute approximate surface area is 162 Å². The Kier molecular flexibility index (Phi) is 3.78. The molecule has 0 fully saturated rings. The van der Waals surface area contributed by atoms with Crippen molar-refractivity contribution in [2.45, 2.75) is 33.7 Å². The Morgan fingerprint density at radius 3 is 2.54 bits per heavy atom. The first-order valence-electron chi connectivity index (χ1n) is 9.29. The monoisotopic (exact) mass is 372 g/mol. The van der Waals surface area contributed by atoms with Crippen LogP contribution in [0, 0.1) is 20.8 Å². The molecule has 1 aliphatic rings. The average molecular weight is 372 g/mol. The maximum atomic E-state index is 4.76. The molecule has 5 rings (SSSR count). The summed E-state index contributed by atoms with van der Waals surface area (Å²) in [5.74, 6) is 1.74. The highest BCUT2D eigenvalue weighted by Crippen LogP contribution is 2.29. The number of rotatable bonds is 2. The lowest BCUT2D eigenvalue weighted by molar-refractivity contribution is 0.688. The number of fused-ring (bicyclic) bond motifs is 2. The molecule has 0 saturated heterocycles. The van der Waals surface area contributed by atoms with Crippen molar-refractivity contribution in [2.75, 3.05) is 11.4 Å². The van der Waals surface area contributed by atoms with Crippen molar-refractivity contribution < 1.29 is 0 Å². The normalized spacial score (nSPS) is 13.8. The number of aryl methyl sites for hydroxylation is 2. The molecule has 0 aromatic carbocycles. The Hall–Kier alpha value is -3.42. The summed E-state index contributed by atoms with van der Waals surface area (Å²) < 4.78 is 1.76. The first kappa shape index (κ1) is 16.7. The van der Waals surface area contributed by atoms with Gasteiger partial charge in [-0.25, -0.2) is 9.97 Å². The lowest BCUT2D eigenvalue weighted by Crippen LogP contribution is -2.32. The lowest BCUT2D eigenvalue weighted by Gasteiger charge is -2.30. The van der Waals surface area contributed by atoms with Crippen molar-refractivity contribution >= 4 is 11.5 Å². The molecule has 0 N–H and O–H groups in total. The van der Waals surface area contributed by atoms with Crippen molar-refractivity contribution in [1.82, 2.24) is 34.8 Å². The number of hydrogen-bond acceptors (Lipinski definition) is 7. The molecule has 4 aromatic heterocycles. The summed E-state index contributed by atoms with van der Waals surface area (Å²) in [5.41, 5.74) is 7.43. The van der Waals surface area contributed by atoms with Gasteiger partial charge in [-0.15, -0.1) is 15.3 Å². The van der Waals surface area contributed by atoms with Crippen LogP contribution in [0.5, 0.6) is 0 Å². The Morgan fingerprint density at radius 2 is 1.71 bits per heavy atom. The molecule has 4 aromatic rings. The van der Waals surface area contributed by atoms with E-state index in [1.807, 2.05) is 25.5 Å². The Balaban J connectivity index is 1.52. The van der Waals surface area contributed by atoms with Crippen molar-refractivity contribution in [2.24, 2.45) is 0 Å². The van der Waals surface area contributed by atoms with Gasteiger partial charge in [0.1, 0.15) is 12.2 Å². The summed E-state index contributed by atoms with van der Waals surface area (Å²) in [4.78, 5) is 15.6. The first-order chi connectivity index (χ1) is 13.6. The fourth-order valence-electron chi connectivity index (χ4n) is 3.67. The summed E-state index contributed by atoms with van der Waals surface area (Å²) in [7, 11) is 0. The Bertz CT molecular complexity index is 1180. The minimum Gasteiger partial charge on any atom is -0.350 e. The van der Waals surface area contributed by atoms with Crippen LogP contribution in [-0.2, 0) is 13.0 Å². The van der Waals surface area contributed by atoms with Crippen LogP contribution >= 0.6 is 0 Å². The predicted octanol–water partition coefficient (Wildman–Crippen LogP) is 2.46. The zero-order valence-corrected chi connectivity index (χ0v) is 16.1. The van der Waals surface area contributed by atoms with Crippen LogP contribution in [-0.4, -0.2) is 41.3 Å². The van der Waals surface area contributed by atoms with Gasteiger partial charge in [-0.3, -0.25) is 4.98 Å². The molecule has 140 valence electrons. The second kappa shape index (κ2) is 6.33. The third kappa shape index (κ3) is 2.69. The van der Waals surface area contributed by atoms with E-state index in [0.29, 0.717) is 0 Å². The van der Waals surface area contributed by atoms with Gasteiger partial charge in [-0.2, -0.15) is 4.52 Å². The molecule has 0 atom stereocenters. The molecule has 0 saturated carbocycles. The molecule has 0 amide bonds. The van der Waals surface area contributed by atoms with Crippen molar-refractivity contribution in [3.8, 4) is 11.1 Å². The Morgan fingerprint density at radius 1 is 0.929 bits per heavy atom. The first-order valence-corrected chi connectivity index (χ1v) is 9.29. The molecule has 28 heavy (non-hydrogen) atoms. The highest BCUT2D eigenvalue weighted by Gasteiger charge is 2.22. The topological polar surface area (TPSA) is 85.0 Å².